The first kappa shape index (κ1) is 22.3. The molecule has 3 aliphatic rings. The van der Waals surface area contributed by atoms with Gasteiger partial charge in [0.15, 0.2) is 0 Å². The van der Waals surface area contributed by atoms with Crippen LogP contribution in [0.1, 0.15) is 44.1 Å². The van der Waals surface area contributed by atoms with E-state index < -0.39 is 0 Å². The highest BCUT2D eigenvalue weighted by Crippen LogP contribution is 2.36. The minimum Gasteiger partial charge on any atom is -0.494 e. The average Bonchev–Trinajstić information content (AvgIpc) is 3.03. The predicted octanol–water partition coefficient (Wildman–Crippen LogP) is 5.74. The maximum Gasteiger partial charge on any atom is 0.123 e. The summed E-state index contributed by atoms with van der Waals surface area (Å²) in [4.78, 5) is 2.74. The fraction of sp³-hybridized carbons (Fsp3) is 0.538. The van der Waals surface area contributed by atoms with Gasteiger partial charge in [0.05, 0.1) is 6.61 Å². The van der Waals surface area contributed by atoms with Gasteiger partial charge in [-0.2, -0.15) is 0 Å². The van der Waals surface area contributed by atoms with Crippen molar-refractivity contribution in [1.29, 1.82) is 0 Å². The van der Waals surface area contributed by atoms with E-state index in [1.165, 1.54) is 31.2 Å². The number of nitrogens with one attached hydrogen (secondary N) is 1. The van der Waals surface area contributed by atoms with E-state index in [-0.39, 0.29) is 6.10 Å². The van der Waals surface area contributed by atoms with Crippen LogP contribution in [0, 0.1) is 0 Å². The second-order valence-electron chi connectivity index (χ2n) is 9.39. The zero-order valence-electron chi connectivity index (χ0n) is 18.4. The van der Waals surface area contributed by atoms with Gasteiger partial charge in [0.25, 0.3) is 0 Å². The number of benzene rings is 2. The first-order valence-electron chi connectivity index (χ1n) is 12.0. The summed E-state index contributed by atoms with van der Waals surface area (Å²) in [5.74, 6) is 1.90. The van der Waals surface area contributed by atoms with Gasteiger partial charge >= 0.3 is 0 Å². The fourth-order valence-corrected chi connectivity index (χ4v) is 5.95. The molecule has 4 atom stereocenters. The molecular weight excluding hydrogens is 443 g/mol. The van der Waals surface area contributed by atoms with Crippen molar-refractivity contribution in [3.63, 3.8) is 0 Å². The van der Waals surface area contributed by atoms with Gasteiger partial charge in [0.2, 0.25) is 0 Å². The number of ether oxygens (including phenoxy) is 2. The van der Waals surface area contributed by atoms with Gasteiger partial charge in [0.1, 0.15) is 17.6 Å². The van der Waals surface area contributed by atoms with Gasteiger partial charge in [-0.05, 0) is 93.0 Å². The molecule has 32 heavy (non-hydrogen) atoms. The van der Waals surface area contributed by atoms with E-state index in [9.17, 15) is 0 Å². The summed E-state index contributed by atoms with van der Waals surface area (Å²) < 4.78 is 12.1. The lowest BCUT2D eigenvalue weighted by atomic mass is 9.96. The third-order valence-corrected chi connectivity index (χ3v) is 7.70. The van der Waals surface area contributed by atoms with Crippen molar-refractivity contribution in [2.75, 3.05) is 19.7 Å². The van der Waals surface area contributed by atoms with E-state index in [1.807, 2.05) is 42.5 Å². The summed E-state index contributed by atoms with van der Waals surface area (Å²) in [6.07, 6.45) is 8.56. The van der Waals surface area contributed by atoms with Crippen LogP contribution in [0.3, 0.4) is 0 Å². The monoisotopic (exact) mass is 474 g/mol. The molecule has 6 heteroatoms. The quantitative estimate of drug-likeness (QED) is 0.494. The first-order chi connectivity index (χ1) is 15.6. The largest absolute Gasteiger partial charge is 0.494 e. The molecule has 0 spiro atoms. The Bertz CT molecular complexity index is 893. The highest BCUT2D eigenvalue weighted by atomic mass is 35.5. The van der Waals surface area contributed by atoms with Gasteiger partial charge in [0, 0.05) is 41.3 Å². The van der Waals surface area contributed by atoms with E-state index in [2.05, 4.69) is 10.2 Å². The fourth-order valence-electron chi connectivity index (χ4n) is 5.63. The van der Waals surface area contributed by atoms with Crippen LogP contribution >= 0.6 is 23.2 Å². The minimum atomic E-state index is 0.254. The molecule has 4 nitrogen and oxygen atoms in total. The number of halogens is 2. The van der Waals surface area contributed by atoms with E-state index in [0.717, 1.165) is 60.5 Å². The number of rotatable bonds is 8. The van der Waals surface area contributed by atoms with E-state index in [1.54, 1.807) is 0 Å². The summed E-state index contributed by atoms with van der Waals surface area (Å²) in [5.41, 5.74) is 1.24. The Morgan fingerprint density at radius 2 is 1.72 bits per heavy atom. The van der Waals surface area contributed by atoms with Gasteiger partial charge in [-0.25, -0.2) is 0 Å². The number of piperidine rings is 1. The zero-order valence-corrected chi connectivity index (χ0v) is 20.0. The third-order valence-electron chi connectivity index (χ3n) is 7.21. The molecule has 2 aromatic carbocycles. The van der Waals surface area contributed by atoms with Crippen LogP contribution in [0.15, 0.2) is 42.5 Å². The molecule has 2 saturated heterocycles. The summed E-state index contributed by atoms with van der Waals surface area (Å²) in [6, 6.07) is 15.6. The molecule has 2 aromatic rings. The molecule has 0 saturated carbocycles. The molecular formula is C26H32Cl2N2O2. The van der Waals surface area contributed by atoms with E-state index >= 15 is 0 Å². The molecule has 2 fully saturated rings. The van der Waals surface area contributed by atoms with Crippen molar-refractivity contribution >= 4 is 23.2 Å². The lowest BCUT2D eigenvalue weighted by Gasteiger charge is -2.40. The van der Waals surface area contributed by atoms with Gasteiger partial charge < -0.3 is 14.8 Å². The molecule has 1 N–H and O–H groups in total. The van der Waals surface area contributed by atoms with Crippen molar-refractivity contribution in [3.8, 4) is 11.5 Å². The molecule has 0 radical (unpaired) electrons. The average molecular weight is 475 g/mol. The van der Waals surface area contributed by atoms with Crippen LogP contribution in [-0.4, -0.2) is 48.8 Å². The molecule has 0 aromatic heterocycles. The number of nitrogens with zero attached hydrogens (tertiary/aromatic N) is 1. The second kappa shape index (κ2) is 10.2. The Balaban J connectivity index is 1.04. The Morgan fingerprint density at radius 3 is 2.50 bits per heavy atom. The zero-order chi connectivity index (χ0) is 21.9. The number of fused-ring (bicyclic) bond motifs is 3. The first-order valence-corrected chi connectivity index (χ1v) is 12.7. The van der Waals surface area contributed by atoms with Gasteiger partial charge in [-0.1, -0.05) is 23.2 Å². The highest BCUT2D eigenvalue weighted by Gasteiger charge is 2.40. The van der Waals surface area contributed by atoms with Crippen molar-refractivity contribution in [2.45, 2.75) is 69.2 Å². The lowest BCUT2D eigenvalue weighted by molar-refractivity contribution is 0.100. The van der Waals surface area contributed by atoms with Crippen LogP contribution < -0.4 is 14.8 Å². The smallest absolute Gasteiger partial charge is 0.123 e. The number of hydrogen-bond acceptors (Lipinski definition) is 4. The van der Waals surface area contributed by atoms with Gasteiger partial charge in [-0.3, -0.25) is 4.90 Å². The maximum absolute atomic E-state index is 6.22. The van der Waals surface area contributed by atoms with E-state index in [0.29, 0.717) is 18.1 Å². The maximum atomic E-state index is 6.22. The molecule has 172 valence electrons. The van der Waals surface area contributed by atoms with Crippen molar-refractivity contribution in [2.24, 2.45) is 0 Å². The predicted molar refractivity (Wildman–Crippen MR) is 130 cm³/mol. The van der Waals surface area contributed by atoms with Crippen molar-refractivity contribution in [3.05, 3.63) is 58.1 Å². The molecule has 3 heterocycles. The van der Waals surface area contributed by atoms with Crippen molar-refractivity contribution < 1.29 is 9.47 Å². The normalized spacial score (nSPS) is 27.1. The van der Waals surface area contributed by atoms with Crippen LogP contribution in [0.5, 0.6) is 11.5 Å². The molecule has 2 bridgehead atoms. The van der Waals surface area contributed by atoms with Crippen LogP contribution in [0.25, 0.3) is 0 Å². The van der Waals surface area contributed by atoms with E-state index in [4.69, 9.17) is 32.7 Å². The SMILES string of the molecule is Clc1ccc(OCCCN2[C@@H]3CC[C@H]2CC(NC[C@H]2CCc4cc(Cl)ccc4O2)C3)cc1. The Hall–Kier alpha value is -1.46. The molecule has 5 rings (SSSR count). The number of hydrogen-bond donors (Lipinski definition) is 1. The Morgan fingerprint density at radius 1 is 0.969 bits per heavy atom. The lowest BCUT2D eigenvalue weighted by Crippen LogP contribution is -2.51. The third kappa shape index (κ3) is 5.36. The van der Waals surface area contributed by atoms with Crippen LogP contribution in [0.2, 0.25) is 10.0 Å². The Kier molecular flexibility index (Phi) is 7.13. The Labute approximate surface area is 201 Å². The second-order valence-corrected chi connectivity index (χ2v) is 10.3. The van der Waals surface area contributed by atoms with Gasteiger partial charge in [-0.15, -0.1) is 0 Å². The molecule has 0 aliphatic carbocycles. The summed E-state index contributed by atoms with van der Waals surface area (Å²) in [6.45, 7) is 2.81. The molecule has 1 unspecified atom stereocenters. The summed E-state index contributed by atoms with van der Waals surface area (Å²) in [7, 11) is 0. The topological polar surface area (TPSA) is 33.7 Å². The van der Waals surface area contributed by atoms with Crippen LogP contribution in [-0.2, 0) is 6.42 Å². The number of aryl methyl sites for hydroxylation is 1. The molecule has 3 aliphatic heterocycles. The summed E-state index contributed by atoms with van der Waals surface area (Å²) >= 11 is 12.0. The van der Waals surface area contributed by atoms with Crippen LogP contribution in [0.4, 0.5) is 0 Å². The minimum absolute atomic E-state index is 0.254. The molecule has 0 amide bonds. The van der Waals surface area contributed by atoms with Crippen molar-refractivity contribution in [1.82, 2.24) is 10.2 Å². The standard InChI is InChI=1S/C26H32Cl2N2O2/c27-19-3-9-24(10-4-19)31-13-1-12-30-22-6-7-23(30)16-21(15-22)29-17-25-8-2-18-14-20(28)5-11-26(18)32-25/h3-5,9-11,14,21-23,25,29H,1-2,6-8,12-13,15-17H2/t21?,22-,23+,25-/m1/s1. The summed E-state index contributed by atoms with van der Waals surface area (Å²) in [5, 5.41) is 5.37. The highest BCUT2D eigenvalue weighted by molar-refractivity contribution is 6.30.